The molecule has 43 heavy (non-hydrogen) atoms. The molecule has 0 aliphatic carbocycles. The van der Waals surface area contributed by atoms with Crippen molar-refractivity contribution in [2.24, 2.45) is 4.99 Å². The van der Waals surface area contributed by atoms with Crippen LogP contribution in [0.3, 0.4) is 0 Å². The summed E-state index contributed by atoms with van der Waals surface area (Å²) in [6.45, 7) is 10.8. The lowest BCUT2D eigenvalue weighted by Crippen LogP contribution is -2.44. The molecule has 6 nitrogen and oxygen atoms in total. The average molecular weight is 588 g/mol. The van der Waals surface area contributed by atoms with E-state index in [1.54, 1.807) is 25.2 Å². The molecule has 4 rings (SSSR count). The molecule has 0 aromatic heterocycles. The smallest absolute Gasteiger partial charge is 0.320 e. The highest BCUT2D eigenvalue weighted by Crippen LogP contribution is 2.30. The van der Waals surface area contributed by atoms with Gasteiger partial charge in [0.25, 0.3) is 5.91 Å². The van der Waals surface area contributed by atoms with Gasteiger partial charge in [-0.1, -0.05) is 49.9 Å². The van der Waals surface area contributed by atoms with Gasteiger partial charge in [-0.25, -0.2) is 0 Å². The van der Waals surface area contributed by atoms with Gasteiger partial charge in [0.15, 0.2) is 0 Å². The molecular weight excluding hydrogens is 544 g/mol. The Hall–Kier alpha value is -4.20. The van der Waals surface area contributed by atoms with Gasteiger partial charge in [-0.05, 0) is 81.5 Å². The summed E-state index contributed by atoms with van der Waals surface area (Å²) in [6, 6.07) is 21.4. The minimum absolute atomic E-state index is 0.127. The lowest BCUT2D eigenvalue weighted by atomic mass is 9.95. The first kappa shape index (κ1) is 31.7. The molecule has 1 unspecified atom stereocenters. The molecule has 0 saturated carbocycles. The van der Waals surface area contributed by atoms with E-state index in [1.807, 2.05) is 42.2 Å². The van der Waals surface area contributed by atoms with Gasteiger partial charge in [0.05, 0.1) is 11.4 Å². The maximum absolute atomic E-state index is 14.1. The fraction of sp³-hybridized carbons (Fsp3) is 0.371. The maximum atomic E-state index is 14.1. The van der Waals surface area contributed by atoms with Crippen LogP contribution in [0.4, 0.5) is 20.2 Å². The van der Waals surface area contributed by atoms with Gasteiger partial charge >= 0.3 is 6.55 Å². The number of aryl methyl sites for hydroxylation is 2. The molecular formula is C35H43F2N5O. The summed E-state index contributed by atoms with van der Waals surface area (Å²) >= 11 is 0. The quantitative estimate of drug-likeness (QED) is 0.182. The van der Waals surface area contributed by atoms with Crippen LogP contribution in [0, 0.1) is 13.8 Å². The molecule has 1 heterocycles. The van der Waals surface area contributed by atoms with Gasteiger partial charge in [0.1, 0.15) is 5.82 Å². The molecule has 0 spiro atoms. The largest absolute Gasteiger partial charge is 0.382 e. The molecule has 1 aliphatic rings. The topological polar surface area (TPSA) is 60.0 Å². The van der Waals surface area contributed by atoms with E-state index in [0.717, 1.165) is 57.8 Å². The van der Waals surface area contributed by atoms with Gasteiger partial charge in [0.2, 0.25) is 0 Å². The lowest BCUT2D eigenvalue weighted by Gasteiger charge is -2.40. The number of rotatable bonds is 11. The molecule has 3 aromatic carbocycles. The molecule has 3 aromatic rings. The number of amides is 1. The van der Waals surface area contributed by atoms with E-state index in [4.69, 9.17) is 4.99 Å². The van der Waals surface area contributed by atoms with Crippen LogP contribution in [0.25, 0.3) is 0 Å². The lowest BCUT2D eigenvalue weighted by molar-refractivity contribution is 0.0963. The Morgan fingerprint density at radius 3 is 2.35 bits per heavy atom. The molecule has 1 fully saturated rings. The highest BCUT2D eigenvalue weighted by atomic mass is 19.3. The van der Waals surface area contributed by atoms with Crippen LogP contribution >= 0.6 is 0 Å². The van der Waals surface area contributed by atoms with Gasteiger partial charge in [-0.2, -0.15) is 8.78 Å². The number of benzene rings is 3. The first-order chi connectivity index (χ1) is 20.6. The van der Waals surface area contributed by atoms with Gasteiger partial charge in [-0.15, -0.1) is 0 Å². The Morgan fingerprint density at radius 2 is 1.72 bits per heavy atom. The second kappa shape index (κ2) is 14.3. The first-order valence-electron chi connectivity index (χ1n) is 15.0. The van der Waals surface area contributed by atoms with Gasteiger partial charge in [0, 0.05) is 54.6 Å². The number of piperidine rings is 1. The summed E-state index contributed by atoms with van der Waals surface area (Å²) < 4.78 is 28.3. The Morgan fingerprint density at radius 1 is 1.02 bits per heavy atom. The standard InChI is InChI=1S/C35H43F2N5O/c1-7-25(4)39-33(27-12-10-13-28(22-27)34(43)38-6)31-16-15-30(21-24(31)3)40-29-17-19-41(20-18-29)26(5)42(35(36)37)32-14-9-8-11-23(32)2/h8-16,21-22,25,29,35,40H,5,7,17-20H2,1-4,6H3,(H,38,43). The molecule has 8 heteroatoms. The van der Waals surface area contributed by atoms with Crippen molar-refractivity contribution >= 4 is 23.0 Å². The number of para-hydroxylation sites is 1. The van der Waals surface area contributed by atoms with Crippen molar-refractivity contribution in [1.29, 1.82) is 0 Å². The zero-order valence-electron chi connectivity index (χ0n) is 25.8. The summed E-state index contributed by atoms with van der Waals surface area (Å²) in [5, 5.41) is 6.35. The van der Waals surface area contributed by atoms with Crippen molar-refractivity contribution < 1.29 is 13.6 Å². The van der Waals surface area contributed by atoms with E-state index < -0.39 is 6.55 Å². The van der Waals surface area contributed by atoms with Crippen molar-refractivity contribution in [3.05, 3.63) is 107 Å². The molecule has 1 saturated heterocycles. The second-order valence-electron chi connectivity index (χ2n) is 11.2. The first-order valence-corrected chi connectivity index (χ1v) is 15.0. The third kappa shape index (κ3) is 7.61. The van der Waals surface area contributed by atoms with Crippen molar-refractivity contribution in [3.8, 4) is 0 Å². The molecule has 1 atom stereocenters. The third-order valence-corrected chi connectivity index (χ3v) is 8.13. The highest BCUT2D eigenvalue weighted by molar-refractivity contribution is 6.14. The van der Waals surface area contributed by atoms with E-state index in [2.05, 4.69) is 56.2 Å². The Labute approximate surface area is 254 Å². The fourth-order valence-corrected chi connectivity index (χ4v) is 5.44. The highest BCUT2D eigenvalue weighted by Gasteiger charge is 2.28. The molecule has 1 amide bonds. The number of hydrogen-bond donors (Lipinski definition) is 2. The van der Waals surface area contributed by atoms with Crippen molar-refractivity contribution in [2.75, 3.05) is 30.4 Å². The maximum Gasteiger partial charge on any atom is 0.320 e. The predicted molar refractivity (Wildman–Crippen MR) is 173 cm³/mol. The summed E-state index contributed by atoms with van der Waals surface area (Å²) in [7, 11) is 1.63. The summed E-state index contributed by atoms with van der Waals surface area (Å²) in [6.07, 6.45) is 2.51. The molecule has 228 valence electrons. The van der Waals surface area contributed by atoms with E-state index in [0.29, 0.717) is 30.2 Å². The number of carbonyl (C=O) groups excluding carboxylic acids is 1. The van der Waals surface area contributed by atoms with E-state index in [9.17, 15) is 13.6 Å². The van der Waals surface area contributed by atoms with Crippen molar-refractivity contribution in [2.45, 2.75) is 65.6 Å². The zero-order chi connectivity index (χ0) is 31.1. The number of alkyl halides is 2. The number of hydrogen-bond acceptors (Lipinski definition) is 5. The van der Waals surface area contributed by atoms with Crippen LogP contribution < -0.4 is 15.5 Å². The SMILES string of the molecule is C=C(N1CCC(Nc2ccc(C(=NC(C)CC)c3cccc(C(=O)NC)c3)c(C)c2)CC1)N(c1ccccc1C)C(F)F. The van der Waals surface area contributed by atoms with Crippen LogP contribution in [-0.4, -0.2) is 55.3 Å². The van der Waals surface area contributed by atoms with Crippen LogP contribution in [0.5, 0.6) is 0 Å². The van der Waals surface area contributed by atoms with Crippen molar-refractivity contribution in [1.82, 2.24) is 10.2 Å². The van der Waals surface area contributed by atoms with Crippen LogP contribution in [0.1, 0.15) is 65.7 Å². The number of halogens is 2. The predicted octanol–water partition coefficient (Wildman–Crippen LogP) is 7.38. The second-order valence-corrected chi connectivity index (χ2v) is 11.2. The Kier molecular flexibility index (Phi) is 10.6. The minimum Gasteiger partial charge on any atom is -0.382 e. The van der Waals surface area contributed by atoms with Crippen LogP contribution in [0.15, 0.2) is 84.1 Å². The summed E-state index contributed by atoms with van der Waals surface area (Å²) in [4.78, 5) is 20.3. The minimum atomic E-state index is -2.68. The Balaban J connectivity index is 1.47. The Bertz CT molecular complexity index is 1460. The normalized spacial score (nSPS) is 14.9. The van der Waals surface area contributed by atoms with E-state index >= 15 is 0 Å². The van der Waals surface area contributed by atoms with Crippen molar-refractivity contribution in [3.63, 3.8) is 0 Å². The average Bonchev–Trinajstić information content (AvgIpc) is 3.01. The molecule has 2 N–H and O–H groups in total. The van der Waals surface area contributed by atoms with E-state index in [-0.39, 0.29) is 18.0 Å². The van der Waals surface area contributed by atoms with Crippen LogP contribution in [0.2, 0.25) is 0 Å². The number of nitrogens with zero attached hydrogens (tertiary/aromatic N) is 3. The number of likely N-dealkylation sites (tertiary alicyclic amines) is 1. The molecule has 0 radical (unpaired) electrons. The number of anilines is 2. The van der Waals surface area contributed by atoms with Gasteiger partial charge in [-0.3, -0.25) is 14.7 Å². The van der Waals surface area contributed by atoms with Gasteiger partial charge < -0.3 is 15.5 Å². The number of aliphatic imine (C=N–C) groups is 1. The summed E-state index contributed by atoms with van der Waals surface area (Å²) in [5.41, 5.74) is 6.75. The summed E-state index contributed by atoms with van der Waals surface area (Å²) in [5.74, 6) is 0.198. The van der Waals surface area contributed by atoms with E-state index in [1.165, 1.54) is 0 Å². The third-order valence-electron chi connectivity index (χ3n) is 8.13. The molecule has 0 bridgehead atoms. The fourth-order valence-electron chi connectivity index (χ4n) is 5.44. The molecule has 1 aliphatic heterocycles. The van der Waals surface area contributed by atoms with Crippen LogP contribution in [-0.2, 0) is 0 Å². The number of nitrogens with one attached hydrogen (secondary N) is 2. The number of carbonyl (C=O) groups is 1. The zero-order valence-corrected chi connectivity index (χ0v) is 25.8. The monoisotopic (exact) mass is 587 g/mol.